The van der Waals surface area contributed by atoms with Crippen LogP contribution in [-0.2, 0) is 9.53 Å². The van der Waals surface area contributed by atoms with E-state index in [0.717, 1.165) is 0 Å². The Morgan fingerprint density at radius 3 is 2.88 bits per heavy atom. The molecule has 2 N–H and O–H groups in total. The number of furan rings is 1. The van der Waals surface area contributed by atoms with Gasteiger partial charge in [0.15, 0.2) is 0 Å². The SMILES string of the molecule is COC(=O)[C@H](N)[C@H](C[N+](=O)[O-])c1ccco1. The number of hydrogen-bond donors (Lipinski definition) is 1. The fraction of sp³-hybridized carbons (Fsp3) is 0.444. The van der Waals surface area contributed by atoms with Crippen molar-refractivity contribution in [3.63, 3.8) is 0 Å². The van der Waals surface area contributed by atoms with Crippen LogP contribution in [0.2, 0.25) is 0 Å². The molecule has 0 aliphatic rings. The number of nitrogens with two attached hydrogens (primary N) is 1. The molecule has 1 aromatic heterocycles. The second-order valence-electron chi connectivity index (χ2n) is 3.19. The number of carbonyl (C=O) groups is 1. The minimum atomic E-state index is -1.11. The average Bonchev–Trinajstić information content (AvgIpc) is 2.76. The standard InChI is InChI=1S/C9H12N2O5/c1-15-9(12)8(10)6(5-11(13)14)7-3-2-4-16-7/h2-4,6,8H,5,10H2,1H3/t6-,8-/m1/s1. The van der Waals surface area contributed by atoms with E-state index in [4.69, 9.17) is 10.2 Å². The van der Waals surface area contributed by atoms with E-state index < -0.39 is 29.4 Å². The predicted octanol–water partition coefficient (Wildman–Crippen LogP) is 0.140. The fourth-order valence-corrected chi connectivity index (χ4v) is 1.34. The first kappa shape index (κ1) is 12.2. The third-order valence-corrected chi connectivity index (χ3v) is 2.16. The molecule has 0 saturated heterocycles. The highest BCUT2D eigenvalue weighted by Crippen LogP contribution is 2.20. The molecule has 0 aliphatic carbocycles. The van der Waals surface area contributed by atoms with Crippen LogP contribution in [0.25, 0.3) is 0 Å². The van der Waals surface area contributed by atoms with Crippen LogP contribution in [-0.4, -0.2) is 30.6 Å². The van der Waals surface area contributed by atoms with Crippen LogP contribution in [0.5, 0.6) is 0 Å². The van der Waals surface area contributed by atoms with Gasteiger partial charge >= 0.3 is 5.97 Å². The molecule has 2 atom stereocenters. The molecule has 1 heterocycles. The largest absolute Gasteiger partial charge is 0.469 e. The van der Waals surface area contributed by atoms with Crippen molar-refractivity contribution in [2.75, 3.05) is 13.7 Å². The number of ether oxygens (including phenoxy) is 1. The molecule has 0 aromatic carbocycles. The van der Waals surface area contributed by atoms with Crippen LogP contribution in [0.15, 0.2) is 22.8 Å². The Kier molecular flexibility index (Phi) is 4.01. The van der Waals surface area contributed by atoms with E-state index >= 15 is 0 Å². The third kappa shape index (κ3) is 2.80. The van der Waals surface area contributed by atoms with Crippen molar-refractivity contribution < 1.29 is 18.9 Å². The summed E-state index contributed by atoms with van der Waals surface area (Å²) in [5, 5.41) is 10.5. The molecule has 7 heteroatoms. The maximum absolute atomic E-state index is 11.2. The van der Waals surface area contributed by atoms with E-state index in [1.807, 2.05) is 0 Å². The summed E-state index contributed by atoms with van der Waals surface area (Å²) >= 11 is 0. The number of methoxy groups -OCH3 is 1. The highest BCUT2D eigenvalue weighted by Gasteiger charge is 2.33. The molecule has 1 rings (SSSR count). The quantitative estimate of drug-likeness (QED) is 0.436. The van der Waals surface area contributed by atoms with E-state index in [1.165, 1.54) is 19.4 Å². The van der Waals surface area contributed by atoms with Gasteiger partial charge in [0.05, 0.1) is 13.4 Å². The number of rotatable bonds is 5. The first-order valence-electron chi connectivity index (χ1n) is 4.55. The van der Waals surface area contributed by atoms with E-state index in [9.17, 15) is 14.9 Å². The van der Waals surface area contributed by atoms with Gasteiger partial charge in [0.2, 0.25) is 6.54 Å². The van der Waals surface area contributed by atoms with Crippen LogP contribution in [0.3, 0.4) is 0 Å². The number of carbonyl (C=O) groups excluding carboxylic acids is 1. The number of esters is 1. The van der Waals surface area contributed by atoms with Crippen molar-refractivity contribution >= 4 is 5.97 Å². The summed E-state index contributed by atoms with van der Waals surface area (Å²) in [4.78, 5) is 21.1. The van der Waals surface area contributed by atoms with Gasteiger partial charge in [-0.05, 0) is 12.1 Å². The lowest BCUT2D eigenvalue weighted by atomic mass is 9.98. The number of hydrogen-bond acceptors (Lipinski definition) is 6. The second kappa shape index (κ2) is 5.26. The van der Waals surface area contributed by atoms with E-state index in [0.29, 0.717) is 5.76 Å². The van der Waals surface area contributed by atoms with Crippen molar-refractivity contribution in [1.82, 2.24) is 0 Å². The van der Waals surface area contributed by atoms with Crippen molar-refractivity contribution in [3.05, 3.63) is 34.3 Å². The first-order valence-corrected chi connectivity index (χ1v) is 4.55. The Bertz CT molecular complexity index is 362. The number of nitro groups is 1. The summed E-state index contributed by atoms with van der Waals surface area (Å²) in [7, 11) is 1.17. The van der Waals surface area contributed by atoms with E-state index in [1.54, 1.807) is 6.07 Å². The third-order valence-electron chi connectivity index (χ3n) is 2.16. The number of nitrogens with zero attached hydrogens (tertiary/aromatic N) is 1. The van der Waals surface area contributed by atoms with Crippen LogP contribution in [0.4, 0.5) is 0 Å². The molecular formula is C9H12N2O5. The van der Waals surface area contributed by atoms with Crippen LogP contribution in [0, 0.1) is 10.1 Å². The second-order valence-corrected chi connectivity index (χ2v) is 3.19. The summed E-state index contributed by atoms with van der Waals surface area (Å²) in [6.45, 7) is -0.482. The van der Waals surface area contributed by atoms with Crippen molar-refractivity contribution in [3.8, 4) is 0 Å². The molecule has 16 heavy (non-hydrogen) atoms. The predicted molar refractivity (Wildman–Crippen MR) is 53.3 cm³/mol. The Hall–Kier alpha value is -1.89. The van der Waals surface area contributed by atoms with Gasteiger partial charge in [-0.25, -0.2) is 0 Å². The van der Waals surface area contributed by atoms with Crippen molar-refractivity contribution in [2.45, 2.75) is 12.0 Å². The zero-order chi connectivity index (χ0) is 12.1. The van der Waals surface area contributed by atoms with Gasteiger partial charge in [-0.15, -0.1) is 0 Å². The minimum Gasteiger partial charge on any atom is -0.469 e. The Morgan fingerprint density at radius 1 is 1.75 bits per heavy atom. The maximum Gasteiger partial charge on any atom is 0.323 e. The maximum atomic E-state index is 11.2. The molecule has 0 bridgehead atoms. The summed E-state index contributed by atoms with van der Waals surface area (Å²) < 4.78 is 9.46. The zero-order valence-corrected chi connectivity index (χ0v) is 8.66. The van der Waals surface area contributed by atoms with E-state index in [-0.39, 0.29) is 0 Å². The minimum absolute atomic E-state index is 0.301. The summed E-state index contributed by atoms with van der Waals surface area (Å²) in [5.41, 5.74) is 5.57. The molecule has 0 aliphatic heterocycles. The van der Waals surface area contributed by atoms with Gasteiger partial charge in [-0.3, -0.25) is 14.9 Å². The lowest BCUT2D eigenvalue weighted by molar-refractivity contribution is -0.484. The summed E-state index contributed by atoms with van der Waals surface area (Å²) in [5.74, 6) is -1.23. The molecule has 0 radical (unpaired) electrons. The normalized spacial score (nSPS) is 14.1. The molecule has 1 aromatic rings. The topological polar surface area (TPSA) is 109 Å². The summed E-state index contributed by atoms with van der Waals surface area (Å²) in [6, 6.07) is 2.00. The van der Waals surface area contributed by atoms with Crippen LogP contribution < -0.4 is 5.73 Å². The highest BCUT2D eigenvalue weighted by molar-refractivity contribution is 5.76. The van der Waals surface area contributed by atoms with Crippen molar-refractivity contribution in [2.24, 2.45) is 5.73 Å². The van der Waals surface area contributed by atoms with Crippen LogP contribution in [0.1, 0.15) is 11.7 Å². The molecule has 0 amide bonds. The molecule has 7 nitrogen and oxygen atoms in total. The monoisotopic (exact) mass is 228 g/mol. The molecule has 88 valence electrons. The molecular weight excluding hydrogens is 216 g/mol. The average molecular weight is 228 g/mol. The molecule has 0 unspecified atom stereocenters. The first-order chi connectivity index (χ1) is 7.56. The Labute approximate surface area is 91.3 Å². The van der Waals surface area contributed by atoms with Crippen LogP contribution >= 0.6 is 0 Å². The fourth-order valence-electron chi connectivity index (χ4n) is 1.34. The summed E-state index contributed by atoms with van der Waals surface area (Å²) in [6.07, 6.45) is 1.37. The van der Waals surface area contributed by atoms with Crippen molar-refractivity contribution in [1.29, 1.82) is 0 Å². The zero-order valence-electron chi connectivity index (χ0n) is 8.66. The lowest BCUT2D eigenvalue weighted by Crippen LogP contribution is -2.40. The Balaban J connectivity index is 2.87. The highest BCUT2D eigenvalue weighted by atomic mass is 16.6. The Morgan fingerprint density at radius 2 is 2.44 bits per heavy atom. The molecule has 0 saturated carbocycles. The smallest absolute Gasteiger partial charge is 0.323 e. The lowest BCUT2D eigenvalue weighted by Gasteiger charge is -2.16. The van der Waals surface area contributed by atoms with Gasteiger partial charge in [0, 0.05) is 4.92 Å². The van der Waals surface area contributed by atoms with Gasteiger partial charge in [-0.2, -0.15) is 0 Å². The van der Waals surface area contributed by atoms with E-state index in [2.05, 4.69) is 4.74 Å². The molecule has 0 fully saturated rings. The van der Waals surface area contributed by atoms with Gasteiger partial charge < -0.3 is 14.9 Å². The molecule has 0 spiro atoms. The van der Waals surface area contributed by atoms with Gasteiger partial charge in [-0.1, -0.05) is 0 Å². The van der Waals surface area contributed by atoms with Gasteiger partial charge in [0.25, 0.3) is 0 Å². The van der Waals surface area contributed by atoms with Gasteiger partial charge in [0.1, 0.15) is 17.7 Å².